The zero-order valence-electron chi connectivity index (χ0n) is 10.7. The lowest BCUT2D eigenvalue weighted by atomic mass is 10.2. The topological polar surface area (TPSA) is 46.2 Å². The van der Waals surface area contributed by atoms with Gasteiger partial charge in [0.05, 0.1) is 10.6 Å². The first-order valence-corrected chi connectivity index (χ1v) is 8.64. The van der Waals surface area contributed by atoms with E-state index in [2.05, 4.69) is 20.7 Å². The standard InChI is InChI=1S/C14H13BrClNO2S/c1-2-10-8-11(15)6-7-14(10)20(18,19)17-13-5-3-4-12(16)9-13/h3-9,17H,2H2,1H3. The second kappa shape index (κ2) is 6.16. The number of hydrogen-bond acceptors (Lipinski definition) is 2. The fourth-order valence-electron chi connectivity index (χ4n) is 1.85. The van der Waals surface area contributed by atoms with E-state index in [0.717, 1.165) is 10.0 Å². The predicted molar refractivity (Wildman–Crippen MR) is 85.8 cm³/mol. The van der Waals surface area contributed by atoms with Crippen LogP contribution in [0, 0.1) is 0 Å². The van der Waals surface area contributed by atoms with Crippen LogP contribution >= 0.6 is 27.5 Å². The maximum atomic E-state index is 12.4. The van der Waals surface area contributed by atoms with E-state index in [4.69, 9.17) is 11.6 Å². The Labute approximate surface area is 132 Å². The van der Waals surface area contributed by atoms with E-state index in [1.54, 1.807) is 36.4 Å². The summed E-state index contributed by atoms with van der Waals surface area (Å²) in [6.07, 6.45) is 0.630. The monoisotopic (exact) mass is 373 g/mol. The average molecular weight is 375 g/mol. The first-order valence-electron chi connectivity index (χ1n) is 5.99. The number of rotatable bonds is 4. The van der Waals surface area contributed by atoms with Gasteiger partial charge in [0.15, 0.2) is 0 Å². The lowest BCUT2D eigenvalue weighted by Gasteiger charge is -2.12. The van der Waals surface area contributed by atoms with Crippen LogP contribution in [-0.4, -0.2) is 8.42 Å². The maximum Gasteiger partial charge on any atom is 0.262 e. The van der Waals surface area contributed by atoms with Crippen molar-refractivity contribution in [1.29, 1.82) is 0 Å². The lowest BCUT2D eigenvalue weighted by Crippen LogP contribution is -2.14. The Morgan fingerprint density at radius 2 is 1.95 bits per heavy atom. The summed E-state index contributed by atoms with van der Waals surface area (Å²) in [4.78, 5) is 0.281. The molecule has 2 aromatic rings. The third kappa shape index (κ3) is 3.53. The highest BCUT2D eigenvalue weighted by atomic mass is 79.9. The highest BCUT2D eigenvalue weighted by Crippen LogP contribution is 2.24. The quantitative estimate of drug-likeness (QED) is 0.858. The van der Waals surface area contributed by atoms with Crippen molar-refractivity contribution >= 4 is 43.2 Å². The molecule has 2 rings (SSSR count). The molecule has 0 radical (unpaired) electrons. The van der Waals surface area contributed by atoms with Gasteiger partial charge >= 0.3 is 0 Å². The predicted octanol–water partition coefficient (Wildman–Crippen LogP) is 4.47. The van der Waals surface area contributed by atoms with Gasteiger partial charge in [0.1, 0.15) is 0 Å². The Hall–Kier alpha value is -1.04. The highest BCUT2D eigenvalue weighted by molar-refractivity contribution is 9.10. The van der Waals surface area contributed by atoms with Crippen molar-refractivity contribution in [2.45, 2.75) is 18.2 Å². The van der Waals surface area contributed by atoms with Gasteiger partial charge in [-0.1, -0.05) is 40.5 Å². The molecule has 0 amide bonds. The summed E-state index contributed by atoms with van der Waals surface area (Å²) in [6, 6.07) is 11.7. The molecule has 0 aliphatic carbocycles. The number of sulfonamides is 1. The number of aryl methyl sites for hydroxylation is 1. The summed E-state index contributed by atoms with van der Waals surface area (Å²) in [7, 11) is -3.62. The Morgan fingerprint density at radius 3 is 2.60 bits per heavy atom. The third-order valence-electron chi connectivity index (χ3n) is 2.77. The minimum Gasteiger partial charge on any atom is -0.280 e. The zero-order valence-corrected chi connectivity index (χ0v) is 13.9. The van der Waals surface area contributed by atoms with Gasteiger partial charge in [0.25, 0.3) is 10.0 Å². The summed E-state index contributed by atoms with van der Waals surface area (Å²) in [5.41, 5.74) is 1.20. The number of nitrogens with one attached hydrogen (secondary N) is 1. The molecule has 0 aromatic heterocycles. The van der Waals surface area contributed by atoms with Crippen LogP contribution in [0.25, 0.3) is 0 Å². The highest BCUT2D eigenvalue weighted by Gasteiger charge is 2.18. The zero-order chi connectivity index (χ0) is 14.8. The molecule has 0 spiro atoms. The molecule has 2 aromatic carbocycles. The van der Waals surface area contributed by atoms with E-state index in [-0.39, 0.29) is 4.90 Å². The van der Waals surface area contributed by atoms with Crippen LogP contribution in [0.4, 0.5) is 5.69 Å². The number of anilines is 1. The van der Waals surface area contributed by atoms with Crippen LogP contribution in [0.2, 0.25) is 5.02 Å². The molecule has 0 aliphatic heterocycles. The van der Waals surface area contributed by atoms with Gasteiger partial charge in [0.2, 0.25) is 0 Å². The summed E-state index contributed by atoms with van der Waals surface area (Å²) in [6.45, 7) is 1.92. The molecule has 1 N–H and O–H groups in total. The third-order valence-corrected chi connectivity index (χ3v) is 4.98. The Morgan fingerprint density at radius 1 is 1.20 bits per heavy atom. The minimum atomic E-state index is -3.62. The van der Waals surface area contributed by atoms with Crippen LogP contribution < -0.4 is 4.72 Å². The minimum absolute atomic E-state index is 0.281. The fourth-order valence-corrected chi connectivity index (χ4v) is 3.79. The summed E-state index contributed by atoms with van der Waals surface area (Å²) in [5.74, 6) is 0. The Balaban J connectivity index is 2.40. The molecular weight excluding hydrogens is 362 g/mol. The molecule has 6 heteroatoms. The molecule has 0 saturated heterocycles. The summed E-state index contributed by atoms with van der Waals surface area (Å²) >= 11 is 9.21. The average Bonchev–Trinajstić information content (AvgIpc) is 2.37. The van der Waals surface area contributed by atoms with Crippen molar-refractivity contribution < 1.29 is 8.42 Å². The maximum absolute atomic E-state index is 12.4. The van der Waals surface area contributed by atoms with E-state index >= 15 is 0 Å². The van der Waals surface area contributed by atoms with Gasteiger partial charge in [-0.2, -0.15) is 0 Å². The largest absolute Gasteiger partial charge is 0.280 e. The van der Waals surface area contributed by atoms with Crippen molar-refractivity contribution in [3.05, 3.63) is 57.5 Å². The van der Waals surface area contributed by atoms with Gasteiger partial charge in [0, 0.05) is 9.50 Å². The van der Waals surface area contributed by atoms with E-state index in [1.807, 2.05) is 13.0 Å². The normalized spacial score (nSPS) is 11.3. The first-order chi connectivity index (χ1) is 9.42. The Kier molecular flexibility index (Phi) is 4.73. The van der Waals surface area contributed by atoms with Crippen molar-refractivity contribution in [2.75, 3.05) is 4.72 Å². The molecule has 0 atom stereocenters. The van der Waals surface area contributed by atoms with Crippen LogP contribution in [0.1, 0.15) is 12.5 Å². The van der Waals surface area contributed by atoms with Crippen molar-refractivity contribution in [3.8, 4) is 0 Å². The molecule has 0 unspecified atom stereocenters. The lowest BCUT2D eigenvalue weighted by molar-refractivity contribution is 0.600. The molecular formula is C14H13BrClNO2S. The van der Waals surface area contributed by atoms with E-state index in [0.29, 0.717) is 17.1 Å². The van der Waals surface area contributed by atoms with Gasteiger partial charge in [-0.15, -0.1) is 0 Å². The van der Waals surface area contributed by atoms with Crippen LogP contribution in [0.15, 0.2) is 51.8 Å². The molecule has 0 saturated carbocycles. The molecule has 0 fully saturated rings. The molecule has 0 bridgehead atoms. The summed E-state index contributed by atoms with van der Waals surface area (Å²) in [5, 5.41) is 0.483. The van der Waals surface area contributed by atoms with Gasteiger partial charge in [-0.05, 0) is 48.4 Å². The summed E-state index contributed by atoms with van der Waals surface area (Å²) < 4.78 is 28.3. The molecule has 3 nitrogen and oxygen atoms in total. The van der Waals surface area contributed by atoms with Gasteiger partial charge < -0.3 is 0 Å². The fraction of sp³-hybridized carbons (Fsp3) is 0.143. The second-order valence-corrected chi connectivity index (χ2v) is 7.22. The molecule has 0 aliphatic rings. The molecule has 20 heavy (non-hydrogen) atoms. The van der Waals surface area contributed by atoms with Crippen LogP contribution in [0.3, 0.4) is 0 Å². The van der Waals surface area contributed by atoms with E-state index < -0.39 is 10.0 Å². The molecule has 106 valence electrons. The number of hydrogen-bond donors (Lipinski definition) is 1. The SMILES string of the molecule is CCc1cc(Br)ccc1S(=O)(=O)Nc1cccc(Cl)c1. The second-order valence-electron chi connectivity index (χ2n) is 4.22. The Bertz CT molecular complexity index is 732. The smallest absolute Gasteiger partial charge is 0.262 e. The van der Waals surface area contributed by atoms with E-state index in [9.17, 15) is 8.42 Å². The van der Waals surface area contributed by atoms with Crippen molar-refractivity contribution in [1.82, 2.24) is 0 Å². The number of benzene rings is 2. The van der Waals surface area contributed by atoms with Crippen LogP contribution in [0.5, 0.6) is 0 Å². The molecule has 0 heterocycles. The van der Waals surface area contributed by atoms with Gasteiger partial charge in [-0.25, -0.2) is 8.42 Å². The first kappa shape index (κ1) is 15.4. The number of halogens is 2. The van der Waals surface area contributed by atoms with Crippen molar-refractivity contribution in [3.63, 3.8) is 0 Å². The van der Waals surface area contributed by atoms with Crippen molar-refractivity contribution in [2.24, 2.45) is 0 Å². The van der Waals surface area contributed by atoms with Gasteiger partial charge in [-0.3, -0.25) is 4.72 Å². The van der Waals surface area contributed by atoms with Crippen LogP contribution in [-0.2, 0) is 16.4 Å². The van der Waals surface area contributed by atoms with E-state index in [1.165, 1.54) is 0 Å².